The van der Waals surface area contributed by atoms with Crippen LogP contribution >= 0.6 is 0 Å². The molecule has 0 aliphatic heterocycles. The van der Waals surface area contributed by atoms with Crippen LogP contribution in [0.25, 0.3) is 33.5 Å². The van der Waals surface area contributed by atoms with Gasteiger partial charge >= 0.3 is 5.78 Å². The Morgan fingerprint density at radius 2 is 1.40 bits per heavy atom. The van der Waals surface area contributed by atoms with Crippen LogP contribution in [-0.4, -0.2) is 8.97 Å². The Hall–Kier alpha value is -3.07. The molecule has 3 aromatic carbocycles. The van der Waals surface area contributed by atoms with Crippen LogP contribution in [0.2, 0.25) is 0 Å². The van der Waals surface area contributed by atoms with Gasteiger partial charge in [-0.2, -0.15) is 8.97 Å². The van der Waals surface area contributed by atoms with E-state index in [4.69, 9.17) is 0 Å². The van der Waals surface area contributed by atoms with Gasteiger partial charge in [0.1, 0.15) is 27.8 Å². The number of hydrogen-bond acceptors (Lipinski definition) is 0. The highest BCUT2D eigenvalue weighted by molar-refractivity contribution is 5.89. The molecule has 0 fully saturated rings. The van der Waals surface area contributed by atoms with Crippen molar-refractivity contribution >= 4 is 27.8 Å². The van der Waals surface area contributed by atoms with Crippen LogP contribution in [0.3, 0.4) is 0 Å². The number of hydrogen-bond donors (Lipinski definition) is 0. The van der Waals surface area contributed by atoms with Gasteiger partial charge in [-0.05, 0) is 55.3 Å². The molecule has 25 heavy (non-hydrogen) atoms. The maximum absolute atomic E-state index is 2.39. The minimum Gasteiger partial charge on any atom is -0.230 e. The number of nitrogens with zero attached hydrogens (tertiary/aromatic N) is 3. The van der Waals surface area contributed by atoms with Crippen molar-refractivity contribution in [3.63, 3.8) is 0 Å². The Kier molecular flexibility index (Phi) is 2.84. The van der Waals surface area contributed by atoms with Crippen LogP contribution < -0.4 is 4.57 Å². The predicted octanol–water partition coefficient (Wildman–Crippen LogP) is 4.48. The van der Waals surface area contributed by atoms with E-state index in [-0.39, 0.29) is 0 Å². The summed E-state index contributed by atoms with van der Waals surface area (Å²) in [7, 11) is 2.15. The van der Waals surface area contributed by atoms with Gasteiger partial charge in [0.2, 0.25) is 0 Å². The lowest BCUT2D eigenvalue weighted by molar-refractivity contribution is -0.620. The molecule has 0 unspecified atom stereocenters. The van der Waals surface area contributed by atoms with Crippen molar-refractivity contribution in [3.8, 4) is 5.69 Å². The standard InChI is InChI=1S/C22H20N3/c1-15-9-8-14-17(16(15)2)24-20-12-6-7-13-21(20)25-19-11-5-4-10-18(19)23(3)22(24)25/h4-14H,1-3H3/q+1. The quantitative estimate of drug-likeness (QED) is 0.403. The van der Waals surface area contributed by atoms with Crippen LogP contribution in [0.1, 0.15) is 11.1 Å². The third-order valence-corrected chi connectivity index (χ3v) is 5.36. The summed E-state index contributed by atoms with van der Waals surface area (Å²) in [5, 5.41) is 0. The molecule has 0 aliphatic carbocycles. The second-order valence-electron chi connectivity index (χ2n) is 6.73. The summed E-state index contributed by atoms with van der Waals surface area (Å²) in [5.74, 6) is 1.18. The lowest BCUT2D eigenvalue weighted by Crippen LogP contribution is -2.29. The highest BCUT2D eigenvalue weighted by Gasteiger charge is 2.27. The topological polar surface area (TPSA) is 13.2 Å². The first kappa shape index (κ1) is 14.3. The van der Waals surface area contributed by atoms with E-state index >= 15 is 0 Å². The molecule has 0 amide bonds. The second kappa shape index (κ2) is 4.96. The molecular weight excluding hydrogens is 306 g/mol. The van der Waals surface area contributed by atoms with Gasteiger partial charge < -0.3 is 0 Å². The molecule has 2 aromatic heterocycles. The zero-order chi connectivity index (χ0) is 17.1. The first-order valence-electron chi connectivity index (χ1n) is 8.63. The van der Waals surface area contributed by atoms with Gasteiger partial charge in [-0.25, -0.2) is 4.57 Å². The van der Waals surface area contributed by atoms with Crippen molar-refractivity contribution in [3.05, 3.63) is 77.9 Å². The van der Waals surface area contributed by atoms with Crippen molar-refractivity contribution in [2.75, 3.05) is 0 Å². The molecule has 0 bridgehead atoms. The Balaban J connectivity index is 2.10. The predicted molar refractivity (Wildman–Crippen MR) is 102 cm³/mol. The Morgan fingerprint density at radius 1 is 0.720 bits per heavy atom. The van der Waals surface area contributed by atoms with Crippen LogP contribution in [0, 0.1) is 13.8 Å². The molecule has 0 spiro atoms. The smallest absolute Gasteiger partial charge is 0.230 e. The molecule has 5 aromatic rings. The molecule has 0 saturated heterocycles. The number of rotatable bonds is 1. The van der Waals surface area contributed by atoms with E-state index in [0.717, 1.165) is 0 Å². The fourth-order valence-corrected chi connectivity index (χ4v) is 3.96. The number of benzene rings is 3. The number of para-hydroxylation sites is 4. The normalized spacial score (nSPS) is 11.8. The fourth-order valence-electron chi connectivity index (χ4n) is 3.96. The largest absolute Gasteiger partial charge is 0.375 e. The molecule has 0 atom stereocenters. The van der Waals surface area contributed by atoms with Gasteiger partial charge in [0.25, 0.3) is 0 Å². The Labute approximate surface area is 146 Å². The summed E-state index contributed by atoms with van der Waals surface area (Å²) < 4.78 is 7.04. The van der Waals surface area contributed by atoms with Crippen LogP contribution in [-0.2, 0) is 7.05 Å². The van der Waals surface area contributed by atoms with Gasteiger partial charge in [0.05, 0.1) is 7.05 Å². The molecule has 3 nitrogen and oxygen atoms in total. The van der Waals surface area contributed by atoms with Crippen molar-refractivity contribution < 1.29 is 4.57 Å². The van der Waals surface area contributed by atoms with Gasteiger partial charge in [-0.15, -0.1) is 0 Å². The summed E-state index contributed by atoms with van der Waals surface area (Å²) in [4.78, 5) is 0. The molecule has 3 heteroatoms. The monoisotopic (exact) mass is 326 g/mol. The van der Waals surface area contributed by atoms with Crippen LogP contribution in [0.4, 0.5) is 0 Å². The first-order chi connectivity index (χ1) is 12.2. The van der Waals surface area contributed by atoms with E-state index in [1.54, 1.807) is 0 Å². The maximum Gasteiger partial charge on any atom is 0.375 e. The summed E-state index contributed by atoms with van der Waals surface area (Å²) >= 11 is 0. The Morgan fingerprint density at radius 3 is 2.20 bits per heavy atom. The van der Waals surface area contributed by atoms with Crippen LogP contribution in [0.15, 0.2) is 66.7 Å². The molecule has 0 aliphatic rings. The summed E-state index contributed by atoms with van der Waals surface area (Å²) in [6, 6.07) is 23.8. The molecule has 0 saturated carbocycles. The highest BCUT2D eigenvalue weighted by atomic mass is 15.3. The average Bonchev–Trinajstić information content (AvgIpc) is 3.12. The van der Waals surface area contributed by atoms with Crippen molar-refractivity contribution in [2.45, 2.75) is 13.8 Å². The van der Waals surface area contributed by atoms with E-state index in [2.05, 4.69) is 101 Å². The maximum atomic E-state index is 2.39. The zero-order valence-corrected chi connectivity index (χ0v) is 14.7. The van der Waals surface area contributed by atoms with E-state index in [9.17, 15) is 0 Å². The van der Waals surface area contributed by atoms with Crippen LogP contribution in [0.5, 0.6) is 0 Å². The van der Waals surface area contributed by atoms with Gasteiger partial charge in [0, 0.05) is 0 Å². The average molecular weight is 326 g/mol. The molecule has 2 heterocycles. The minimum atomic E-state index is 1.18. The zero-order valence-electron chi connectivity index (χ0n) is 14.7. The van der Waals surface area contributed by atoms with Gasteiger partial charge in [-0.3, -0.25) is 0 Å². The fraction of sp³-hybridized carbons (Fsp3) is 0.136. The van der Waals surface area contributed by atoms with Crippen molar-refractivity contribution in [2.24, 2.45) is 7.05 Å². The minimum absolute atomic E-state index is 1.18. The second-order valence-corrected chi connectivity index (χ2v) is 6.73. The molecular formula is C22H20N3+. The van der Waals surface area contributed by atoms with Gasteiger partial charge in [0.15, 0.2) is 0 Å². The van der Waals surface area contributed by atoms with Gasteiger partial charge in [-0.1, -0.05) is 36.4 Å². The number of aromatic nitrogens is 3. The summed E-state index contributed by atoms with van der Waals surface area (Å²) in [5.41, 5.74) is 8.80. The van der Waals surface area contributed by atoms with E-state index in [1.165, 1.54) is 44.7 Å². The third kappa shape index (κ3) is 1.78. The molecule has 0 N–H and O–H groups in total. The van der Waals surface area contributed by atoms with E-state index in [1.807, 2.05) is 0 Å². The summed E-state index contributed by atoms with van der Waals surface area (Å²) in [6.45, 7) is 4.38. The van der Waals surface area contributed by atoms with E-state index in [0.29, 0.717) is 0 Å². The van der Waals surface area contributed by atoms with E-state index < -0.39 is 0 Å². The molecule has 5 rings (SSSR count). The lowest BCUT2D eigenvalue weighted by Gasteiger charge is -2.07. The van der Waals surface area contributed by atoms with Crippen molar-refractivity contribution in [1.82, 2.24) is 8.97 Å². The van der Waals surface area contributed by atoms with Crippen molar-refractivity contribution in [1.29, 1.82) is 0 Å². The SMILES string of the molecule is Cc1cccc(-n2c3ccccc3n3c4ccccc4[n+](C)c23)c1C. The number of imidazole rings is 2. The lowest BCUT2D eigenvalue weighted by atomic mass is 10.1. The third-order valence-electron chi connectivity index (χ3n) is 5.36. The number of fused-ring (bicyclic) bond motifs is 5. The number of aryl methyl sites for hydroxylation is 2. The molecule has 122 valence electrons. The summed E-state index contributed by atoms with van der Waals surface area (Å²) in [6.07, 6.45) is 0. The molecule has 0 radical (unpaired) electrons. The Bertz CT molecular complexity index is 1270. The first-order valence-corrected chi connectivity index (χ1v) is 8.63. The highest BCUT2D eigenvalue weighted by Crippen LogP contribution is 2.29.